The van der Waals surface area contributed by atoms with Gasteiger partial charge in [-0.1, -0.05) is 61.9 Å². The van der Waals surface area contributed by atoms with E-state index in [1.807, 2.05) is 0 Å². The minimum absolute atomic E-state index is 0.909. The molecule has 118 valence electrons. The highest BCUT2D eigenvalue weighted by Crippen LogP contribution is 2.17. The Bertz CT molecular complexity index is 714. The first-order valence-electron chi connectivity index (χ1n) is 8.56. The lowest BCUT2D eigenvalue weighted by atomic mass is 10.2. The summed E-state index contributed by atoms with van der Waals surface area (Å²) >= 11 is 0. The second kappa shape index (κ2) is 7.77. The van der Waals surface area contributed by atoms with Gasteiger partial charge in [0.25, 0.3) is 5.82 Å². The minimum Gasteiger partial charge on any atom is -0.230 e. The van der Waals surface area contributed by atoms with Gasteiger partial charge in [0.2, 0.25) is 0 Å². The van der Waals surface area contributed by atoms with Crippen LogP contribution in [0.5, 0.6) is 0 Å². The van der Waals surface area contributed by atoms with Crippen LogP contribution in [0.3, 0.4) is 0 Å². The summed E-state index contributed by atoms with van der Waals surface area (Å²) in [5.41, 5.74) is 2.62. The molecule has 0 aliphatic heterocycles. The topological polar surface area (TPSA) is 8.81 Å². The molecule has 2 nitrogen and oxygen atoms in total. The van der Waals surface area contributed by atoms with Gasteiger partial charge in [-0.05, 0) is 30.5 Å². The molecule has 2 heteroatoms. The van der Waals surface area contributed by atoms with Gasteiger partial charge in [-0.15, -0.1) is 0 Å². The molecule has 3 rings (SSSR count). The summed E-state index contributed by atoms with van der Waals surface area (Å²) in [5.74, 6) is 1.30. The van der Waals surface area contributed by atoms with E-state index < -0.39 is 0 Å². The van der Waals surface area contributed by atoms with Crippen molar-refractivity contribution >= 4 is 0 Å². The number of aromatic nitrogens is 2. The molecular formula is C21H25N2+. The number of unbranched alkanes of at least 4 members (excludes halogenated alkanes) is 2. The Balaban J connectivity index is 1.92. The Morgan fingerprint density at radius 2 is 1.57 bits per heavy atom. The van der Waals surface area contributed by atoms with Crippen LogP contribution in [0.2, 0.25) is 0 Å². The quantitative estimate of drug-likeness (QED) is 0.442. The summed E-state index contributed by atoms with van der Waals surface area (Å²) in [6, 6.07) is 21.4. The van der Waals surface area contributed by atoms with Crippen molar-refractivity contribution in [2.45, 2.75) is 39.3 Å². The Labute approximate surface area is 139 Å². The lowest BCUT2D eigenvalue weighted by Crippen LogP contribution is -2.34. The summed E-state index contributed by atoms with van der Waals surface area (Å²) in [6.07, 6.45) is 8.20. The van der Waals surface area contributed by atoms with Crippen molar-refractivity contribution < 1.29 is 4.57 Å². The van der Waals surface area contributed by atoms with Crippen molar-refractivity contribution in [3.05, 3.63) is 78.6 Å². The molecule has 2 aromatic carbocycles. The largest absolute Gasteiger partial charge is 0.289 e. The predicted molar refractivity (Wildman–Crippen MR) is 95.1 cm³/mol. The van der Waals surface area contributed by atoms with Crippen molar-refractivity contribution in [3.63, 3.8) is 0 Å². The molecule has 0 aliphatic rings. The number of hydrogen-bond donors (Lipinski definition) is 0. The molecule has 0 amide bonds. The van der Waals surface area contributed by atoms with Gasteiger partial charge in [-0.2, -0.15) is 0 Å². The number of nitrogens with zero attached hydrogens (tertiary/aromatic N) is 2. The van der Waals surface area contributed by atoms with E-state index in [-0.39, 0.29) is 0 Å². The smallest absolute Gasteiger partial charge is 0.230 e. The molecule has 3 aromatic rings. The second-order valence-electron chi connectivity index (χ2n) is 6.00. The Morgan fingerprint density at radius 1 is 0.870 bits per heavy atom. The van der Waals surface area contributed by atoms with Gasteiger partial charge in [0.15, 0.2) is 0 Å². The molecule has 23 heavy (non-hydrogen) atoms. The zero-order valence-corrected chi connectivity index (χ0v) is 13.9. The summed E-state index contributed by atoms with van der Waals surface area (Å²) in [7, 11) is 0. The number of hydrogen-bond acceptors (Lipinski definition) is 0. The van der Waals surface area contributed by atoms with Crippen molar-refractivity contribution in [2.24, 2.45) is 0 Å². The molecular weight excluding hydrogens is 280 g/mol. The van der Waals surface area contributed by atoms with E-state index in [0.717, 1.165) is 13.1 Å². The van der Waals surface area contributed by atoms with E-state index in [2.05, 4.69) is 89.1 Å². The average Bonchev–Trinajstić information content (AvgIpc) is 2.99. The van der Waals surface area contributed by atoms with E-state index in [1.165, 1.54) is 36.2 Å². The lowest BCUT2D eigenvalue weighted by Gasteiger charge is -2.06. The molecule has 1 aromatic heterocycles. The van der Waals surface area contributed by atoms with Crippen LogP contribution in [-0.2, 0) is 13.1 Å². The van der Waals surface area contributed by atoms with Gasteiger partial charge in [-0.25, -0.2) is 9.13 Å². The SMILES string of the molecule is CCCCC[n+]1ccn(Cc2ccccc2)c1-c1ccccc1. The summed E-state index contributed by atoms with van der Waals surface area (Å²) in [5, 5.41) is 0. The molecule has 0 radical (unpaired) electrons. The number of rotatable bonds is 7. The summed E-state index contributed by atoms with van der Waals surface area (Å²) in [4.78, 5) is 0. The van der Waals surface area contributed by atoms with Crippen molar-refractivity contribution in [2.75, 3.05) is 0 Å². The van der Waals surface area contributed by atoms with Crippen molar-refractivity contribution in [1.82, 2.24) is 4.57 Å². The number of aryl methyl sites for hydroxylation is 1. The van der Waals surface area contributed by atoms with Crippen LogP contribution in [0.4, 0.5) is 0 Å². The Morgan fingerprint density at radius 3 is 2.26 bits per heavy atom. The molecule has 1 heterocycles. The van der Waals surface area contributed by atoms with Crippen LogP contribution < -0.4 is 4.57 Å². The maximum Gasteiger partial charge on any atom is 0.289 e. The van der Waals surface area contributed by atoms with Gasteiger partial charge < -0.3 is 0 Å². The van der Waals surface area contributed by atoms with Crippen LogP contribution >= 0.6 is 0 Å². The highest BCUT2D eigenvalue weighted by Gasteiger charge is 2.19. The molecule has 0 fully saturated rings. The van der Waals surface area contributed by atoms with Gasteiger partial charge in [0, 0.05) is 0 Å². The molecule has 0 saturated heterocycles. The highest BCUT2D eigenvalue weighted by molar-refractivity contribution is 5.52. The molecule has 0 aliphatic carbocycles. The average molecular weight is 305 g/mol. The van der Waals surface area contributed by atoms with Crippen LogP contribution in [0.1, 0.15) is 31.7 Å². The van der Waals surface area contributed by atoms with Crippen LogP contribution in [0.15, 0.2) is 73.1 Å². The third kappa shape index (κ3) is 3.89. The first-order chi connectivity index (χ1) is 11.4. The van der Waals surface area contributed by atoms with Crippen molar-refractivity contribution in [3.8, 4) is 11.4 Å². The number of benzene rings is 2. The van der Waals surface area contributed by atoms with E-state index >= 15 is 0 Å². The monoisotopic (exact) mass is 305 g/mol. The highest BCUT2D eigenvalue weighted by atomic mass is 15.1. The van der Waals surface area contributed by atoms with Gasteiger partial charge >= 0.3 is 0 Å². The molecule has 0 spiro atoms. The van der Waals surface area contributed by atoms with Crippen molar-refractivity contribution in [1.29, 1.82) is 0 Å². The summed E-state index contributed by atoms with van der Waals surface area (Å²) in [6.45, 7) is 4.25. The molecule has 0 N–H and O–H groups in total. The second-order valence-corrected chi connectivity index (χ2v) is 6.00. The third-order valence-electron chi connectivity index (χ3n) is 4.20. The molecule has 0 bridgehead atoms. The maximum atomic E-state index is 2.40. The van der Waals surface area contributed by atoms with Gasteiger partial charge in [-0.3, -0.25) is 0 Å². The van der Waals surface area contributed by atoms with E-state index in [9.17, 15) is 0 Å². The zero-order chi connectivity index (χ0) is 15.9. The molecule has 0 saturated carbocycles. The van der Waals surface area contributed by atoms with Crippen LogP contribution in [0, 0.1) is 0 Å². The first-order valence-corrected chi connectivity index (χ1v) is 8.56. The fourth-order valence-corrected chi connectivity index (χ4v) is 3.01. The Kier molecular flexibility index (Phi) is 5.25. The normalized spacial score (nSPS) is 10.8. The fraction of sp³-hybridized carbons (Fsp3) is 0.286. The zero-order valence-electron chi connectivity index (χ0n) is 13.9. The number of imidazole rings is 1. The standard InChI is InChI=1S/C21H25N2/c1-2-3-10-15-22-16-17-23(18-19-11-6-4-7-12-19)21(22)20-13-8-5-9-14-20/h4-9,11-14,16-17H,2-3,10,15,18H2,1H3/q+1. The summed E-state index contributed by atoms with van der Waals surface area (Å²) < 4.78 is 4.75. The van der Waals surface area contributed by atoms with E-state index in [0.29, 0.717) is 0 Å². The van der Waals surface area contributed by atoms with Gasteiger partial charge in [0.1, 0.15) is 18.9 Å². The minimum atomic E-state index is 0.909. The van der Waals surface area contributed by atoms with Gasteiger partial charge in [0.05, 0.1) is 12.1 Å². The molecule has 0 atom stereocenters. The predicted octanol–water partition coefficient (Wildman–Crippen LogP) is 4.68. The van der Waals surface area contributed by atoms with Crippen LogP contribution in [-0.4, -0.2) is 4.57 Å². The third-order valence-corrected chi connectivity index (χ3v) is 4.20. The lowest BCUT2D eigenvalue weighted by molar-refractivity contribution is -0.686. The molecule has 0 unspecified atom stereocenters. The van der Waals surface area contributed by atoms with Crippen LogP contribution in [0.25, 0.3) is 11.4 Å². The van der Waals surface area contributed by atoms with E-state index in [4.69, 9.17) is 0 Å². The first kappa shape index (κ1) is 15.5. The fourth-order valence-electron chi connectivity index (χ4n) is 3.01. The Hall–Kier alpha value is -2.35. The van der Waals surface area contributed by atoms with E-state index in [1.54, 1.807) is 0 Å². The maximum absolute atomic E-state index is 2.40.